The minimum absolute atomic E-state index is 0.00290. The van der Waals surface area contributed by atoms with Crippen LogP contribution in [0.15, 0.2) is 50.4 Å². The molecule has 0 radical (unpaired) electrons. The van der Waals surface area contributed by atoms with Gasteiger partial charge in [0.05, 0.1) is 17.4 Å². The Kier molecular flexibility index (Phi) is 4.35. The number of carbonyl (C=O) groups excluding carboxylic acids is 1. The number of hydrogen-bond donors (Lipinski definition) is 0. The first-order valence-corrected chi connectivity index (χ1v) is 8.76. The maximum atomic E-state index is 12.6. The lowest BCUT2D eigenvalue weighted by Crippen LogP contribution is -2.38. The number of amides is 1. The summed E-state index contributed by atoms with van der Waals surface area (Å²) in [5.41, 5.74) is 1.36. The Morgan fingerprint density at radius 3 is 2.80 bits per heavy atom. The fourth-order valence-electron chi connectivity index (χ4n) is 2.94. The van der Waals surface area contributed by atoms with Gasteiger partial charge in [-0.2, -0.15) is 0 Å². The quantitative estimate of drug-likeness (QED) is 0.666. The smallest absolute Gasteiger partial charge is 0.255 e. The molecular weight excluding hydrogens is 388 g/mol. The van der Waals surface area contributed by atoms with Crippen LogP contribution < -0.4 is 0 Å². The monoisotopic (exact) mass is 402 g/mol. The molecule has 0 bridgehead atoms. The third kappa shape index (κ3) is 3.34. The van der Waals surface area contributed by atoms with Crippen LogP contribution in [0, 0.1) is 0 Å². The van der Waals surface area contributed by atoms with E-state index in [2.05, 4.69) is 31.1 Å². The van der Waals surface area contributed by atoms with E-state index in [1.807, 2.05) is 4.90 Å². The number of rotatable bonds is 3. The molecule has 128 valence electrons. The van der Waals surface area contributed by atoms with Crippen LogP contribution in [0.5, 0.6) is 0 Å². The van der Waals surface area contributed by atoms with Crippen molar-refractivity contribution in [2.45, 2.75) is 18.8 Å². The van der Waals surface area contributed by atoms with E-state index in [-0.39, 0.29) is 11.8 Å². The molecule has 0 saturated carbocycles. The molecule has 8 heteroatoms. The van der Waals surface area contributed by atoms with Gasteiger partial charge in [-0.1, -0.05) is 0 Å². The van der Waals surface area contributed by atoms with Gasteiger partial charge in [-0.3, -0.25) is 9.78 Å². The molecule has 25 heavy (non-hydrogen) atoms. The summed E-state index contributed by atoms with van der Waals surface area (Å²) >= 11 is 3.35. The first-order chi connectivity index (χ1) is 12.2. The van der Waals surface area contributed by atoms with Crippen LogP contribution >= 0.6 is 15.9 Å². The normalized spacial score (nSPS) is 15.5. The minimum Gasteiger partial charge on any atom is -0.472 e. The average Bonchev–Trinajstić information content (AvgIpc) is 3.32. The molecule has 0 aromatic carbocycles. The molecular formula is C17H15BrN4O3. The van der Waals surface area contributed by atoms with Gasteiger partial charge < -0.3 is 13.7 Å². The van der Waals surface area contributed by atoms with Crippen LogP contribution in [-0.4, -0.2) is 39.1 Å². The zero-order valence-electron chi connectivity index (χ0n) is 13.3. The van der Waals surface area contributed by atoms with Gasteiger partial charge in [-0.25, -0.2) is 0 Å². The largest absolute Gasteiger partial charge is 0.472 e. The Hall–Kier alpha value is -2.48. The van der Waals surface area contributed by atoms with Crippen molar-refractivity contribution < 1.29 is 13.6 Å². The number of pyridine rings is 1. The van der Waals surface area contributed by atoms with E-state index in [0.717, 1.165) is 22.9 Å². The highest BCUT2D eigenvalue weighted by atomic mass is 79.9. The topological polar surface area (TPSA) is 85.3 Å². The number of carbonyl (C=O) groups is 1. The highest BCUT2D eigenvalue weighted by molar-refractivity contribution is 9.10. The van der Waals surface area contributed by atoms with E-state index < -0.39 is 0 Å². The zero-order valence-corrected chi connectivity index (χ0v) is 14.8. The first kappa shape index (κ1) is 16.0. The van der Waals surface area contributed by atoms with Gasteiger partial charge in [-0.15, -0.1) is 10.2 Å². The molecule has 1 aliphatic rings. The summed E-state index contributed by atoms with van der Waals surface area (Å²) in [7, 11) is 0. The molecule has 3 aromatic rings. The summed E-state index contributed by atoms with van der Waals surface area (Å²) < 4.78 is 11.6. The molecule has 3 aromatic heterocycles. The molecule has 0 aliphatic carbocycles. The lowest BCUT2D eigenvalue weighted by Gasteiger charge is -2.30. The molecule has 4 rings (SSSR count). The van der Waals surface area contributed by atoms with Crippen LogP contribution in [0.25, 0.3) is 11.5 Å². The Labute approximate surface area is 152 Å². The Morgan fingerprint density at radius 1 is 1.24 bits per heavy atom. The number of aromatic nitrogens is 3. The highest BCUT2D eigenvalue weighted by Crippen LogP contribution is 2.30. The SMILES string of the molecule is O=C(c1cncc(Br)c1)N1CCC(c2nnc(-c3ccoc3)o2)CC1. The second-order valence-electron chi connectivity index (χ2n) is 5.92. The summed E-state index contributed by atoms with van der Waals surface area (Å²) in [6, 6.07) is 3.57. The number of piperidine rings is 1. The Balaban J connectivity index is 1.41. The van der Waals surface area contributed by atoms with Crippen molar-refractivity contribution in [1.29, 1.82) is 0 Å². The molecule has 0 spiro atoms. The van der Waals surface area contributed by atoms with Crippen LogP contribution in [0.4, 0.5) is 0 Å². The third-order valence-corrected chi connectivity index (χ3v) is 4.73. The van der Waals surface area contributed by atoms with E-state index in [1.54, 1.807) is 37.1 Å². The van der Waals surface area contributed by atoms with Crippen molar-refractivity contribution >= 4 is 21.8 Å². The minimum atomic E-state index is -0.00290. The lowest BCUT2D eigenvalue weighted by atomic mass is 9.96. The molecule has 7 nitrogen and oxygen atoms in total. The number of furan rings is 1. The second kappa shape index (κ2) is 6.79. The molecule has 4 heterocycles. The number of halogens is 1. The van der Waals surface area contributed by atoms with Crippen molar-refractivity contribution in [2.24, 2.45) is 0 Å². The van der Waals surface area contributed by atoms with E-state index >= 15 is 0 Å². The highest BCUT2D eigenvalue weighted by Gasteiger charge is 2.28. The number of hydrogen-bond acceptors (Lipinski definition) is 6. The fourth-order valence-corrected chi connectivity index (χ4v) is 3.31. The van der Waals surface area contributed by atoms with Gasteiger partial charge in [-0.05, 0) is 40.9 Å². The number of likely N-dealkylation sites (tertiary alicyclic amines) is 1. The van der Waals surface area contributed by atoms with E-state index in [4.69, 9.17) is 8.83 Å². The van der Waals surface area contributed by atoms with Crippen molar-refractivity contribution in [1.82, 2.24) is 20.1 Å². The van der Waals surface area contributed by atoms with Gasteiger partial charge in [0.1, 0.15) is 6.26 Å². The first-order valence-electron chi connectivity index (χ1n) is 7.96. The zero-order chi connectivity index (χ0) is 17.2. The molecule has 1 amide bonds. The van der Waals surface area contributed by atoms with Crippen LogP contribution in [0.3, 0.4) is 0 Å². The summed E-state index contributed by atoms with van der Waals surface area (Å²) in [6.07, 6.45) is 7.98. The Morgan fingerprint density at radius 2 is 2.08 bits per heavy atom. The van der Waals surface area contributed by atoms with E-state index in [0.29, 0.717) is 30.4 Å². The molecule has 1 fully saturated rings. The average molecular weight is 403 g/mol. The molecule has 1 saturated heterocycles. The van der Waals surface area contributed by atoms with Gasteiger partial charge in [0.25, 0.3) is 11.8 Å². The summed E-state index contributed by atoms with van der Waals surface area (Å²) in [5.74, 6) is 1.24. The third-order valence-electron chi connectivity index (χ3n) is 4.29. The van der Waals surface area contributed by atoms with Gasteiger partial charge in [0, 0.05) is 35.9 Å². The summed E-state index contributed by atoms with van der Waals surface area (Å²) in [4.78, 5) is 18.5. The predicted octanol–water partition coefficient (Wildman–Crippen LogP) is 3.51. The predicted molar refractivity (Wildman–Crippen MR) is 91.8 cm³/mol. The van der Waals surface area contributed by atoms with Crippen LogP contribution in [0.2, 0.25) is 0 Å². The molecule has 0 unspecified atom stereocenters. The second-order valence-corrected chi connectivity index (χ2v) is 6.83. The summed E-state index contributed by atoms with van der Waals surface area (Å²) in [6.45, 7) is 1.30. The summed E-state index contributed by atoms with van der Waals surface area (Å²) in [5, 5.41) is 8.23. The van der Waals surface area contributed by atoms with E-state index in [9.17, 15) is 4.79 Å². The van der Waals surface area contributed by atoms with Gasteiger partial charge >= 0.3 is 0 Å². The molecule has 1 aliphatic heterocycles. The van der Waals surface area contributed by atoms with Gasteiger partial charge in [0.15, 0.2) is 0 Å². The van der Waals surface area contributed by atoms with Crippen molar-refractivity contribution in [3.05, 3.63) is 53.0 Å². The maximum absolute atomic E-state index is 12.6. The fraction of sp³-hybridized carbons (Fsp3) is 0.294. The number of nitrogens with zero attached hydrogens (tertiary/aromatic N) is 4. The molecule has 0 atom stereocenters. The van der Waals surface area contributed by atoms with Gasteiger partial charge in [0.2, 0.25) is 5.89 Å². The lowest BCUT2D eigenvalue weighted by molar-refractivity contribution is 0.0706. The van der Waals surface area contributed by atoms with Crippen LogP contribution in [-0.2, 0) is 0 Å². The molecule has 0 N–H and O–H groups in total. The van der Waals surface area contributed by atoms with E-state index in [1.165, 1.54) is 0 Å². The van der Waals surface area contributed by atoms with Crippen LogP contribution in [0.1, 0.15) is 35.0 Å². The Bertz CT molecular complexity index is 870. The maximum Gasteiger partial charge on any atom is 0.255 e. The van der Waals surface area contributed by atoms with Crippen molar-refractivity contribution in [3.8, 4) is 11.5 Å². The standard InChI is InChI=1S/C17H15BrN4O3/c18-14-7-13(8-19-9-14)17(23)22-4-1-11(2-5-22)15-20-21-16(25-15)12-3-6-24-10-12/h3,6-11H,1-2,4-5H2. The van der Waals surface area contributed by atoms with Crippen molar-refractivity contribution in [2.75, 3.05) is 13.1 Å². The van der Waals surface area contributed by atoms with Crippen molar-refractivity contribution in [3.63, 3.8) is 0 Å².